The molecule has 3 heterocycles. The number of aromatic nitrogens is 6. The first kappa shape index (κ1) is 22.6. The Bertz CT molecular complexity index is 1530. The number of rotatable bonds is 7. The van der Waals surface area contributed by atoms with E-state index in [0.717, 1.165) is 52.2 Å². The van der Waals surface area contributed by atoms with E-state index in [4.69, 9.17) is 0 Å². The quantitative estimate of drug-likeness (QED) is 0.279. The number of anilines is 1. The molecule has 36 heavy (non-hydrogen) atoms. The van der Waals surface area contributed by atoms with Crippen LogP contribution in [0.3, 0.4) is 0 Å². The second kappa shape index (κ2) is 9.66. The Balaban J connectivity index is 1.29. The molecule has 0 saturated heterocycles. The molecule has 182 valence electrons. The van der Waals surface area contributed by atoms with Gasteiger partial charge < -0.3 is 10.3 Å². The summed E-state index contributed by atoms with van der Waals surface area (Å²) in [4.78, 5) is 16.3. The van der Waals surface area contributed by atoms with E-state index in [1.54, 1.807) is 6.20 Å². The number of hydrogen-bond acceptors (Lipinski definition) is 5. The molecule has 0 aliphatic heterocycles. The van der Waals surface area contributed by atoms with Crippen molar-refractivity contribution in [3.63, 3.8) is 0 Å². The lowest BCUT2D eigenvalue weighted by Crippen LogP contribution is -2.19. The minimum Gasteiger partial charge on any atom is -0.360 e. The van der Waals surface area contributed by atoms with Crippen molar-refractivity contribution in [2.24, 2.45) is 0 Å². The molecule has 1 saturated carbocycles. The Morgan fingerprint density at radius 2 is 1.89 bits per heavy atom. The van der Waals surface area contributed by atoms with Gasteiger partial charge in [0.25, 0.3) is 0 Å². The molecule has 3 aromatic heterocycles. The monoisotopic (exact) mass is 497 g/mol. The fraction of sp³-hybridized carbons (Fsp3) is 0.259. The van der Waals surface area contributed by atoms with Gasteiger partial charge in [-0.3, -0.25) is 9.36 Å². The highest BCUT2D eigenvalue weighted by Gasteiger charge is 2.22. The van der Waals surface area contributed by atoms with Crippen LogP contribution in [0, 0.1) is 6.92 Å². The lowest BCUT2D eigenvalue weighted by Gasteiger charge is -2.15. The summed E-state index contributed by atoms with van der Waals surface area (Å²) >= 11 is 1.38. The third-order valence-electron chi connectivity index (χ3n) is 6.76. The van der Waals surface area contributed by atoms with Crippen LogP contribution in [-0.4, -0.2) is 41.2 Å². The number of carbonyl (C=O) groups excluding carboxylic acids is 1. The van der Waals surface area contributed by atoms with Crippen LogP contribution in [-0.2, 0) is 4.79 Å². The average molecular weight is 498 g/mol. The van der Waals surface area contributed by atoms with E-state index < -0.39 is 0 Å². The third kappa shape index (κ3) is 4.19. The first-order valence-corrected chi connectivity index (χ1v) is 13.2. The van der Waals surface area contributed by atoms with Gasteiger partial charge in [-0.15, -0.1) is 10.2 Å². The summed E-state index contributed by atoms with van der Waals surface area (Å²) < 4.78 is 4.01. The minimum absolute atomic E-state index is 0.0901. The first-order valence-electron chi connectivity index (χ1n) is 12.2. The number of amides is 1. The second-order valence-electron chi connectivity index (χ2n) is 9.11. The zero-order valence-corrected chi connectivity index (χ0v) is 20.8. The summed E-state index contributed by atoms with van der Waals surface area (Å²) in [6.45, 7) is 2.07. The Kier molecular flexibility index (Phi) is 6.06. The number of carbonyl (C=O) groups is 1. The molecular formula is C27H27N7OS. The van der Waals surface area contributed by atoms with Crippen LogP contribution in [0.15, 0.2) is 72.1 Å². The van der Waals surface area contributed by atoms with Gasteiger partial charge in [0.15, 0.2) is 11.0 Å². The predicted octanol–water partition coefficient (Wildman–Crippen LogP) is 5.77. The number of fused-ring (bicyclic) bond motifs is 1. The van der Waals surface area contributed by atoms with E-state index in [2.05, 4.69) is 50.7 Å². The van der Waals surface area contributed by atoms with Gasteiger partial charge in [-0.1, -0.05) is 61.0 Å². The lowest BCUT2D eigenvalue weighted by molar-refractivity contribution is -0.113. The largest absolute Gasteiger partial charge is 0.360 e. The van der Waals surface area contributed by atoms with Crippen molar-refractivity contribution in [2.45, 2.75) is 43.8 Å². The maximum Gasteiger partial charge on any atom is 0.235 e. The van der Waals surface area contributed by atoms with E-state index >= 15 is 0 Å². The number of thioether (sulfide) groups is 1. The Labute approximate surface area is 213 Å². The SMILES string of the molecule is Cc1ccccc1-n1c(SCC(=O)Nc2ccnn2C2CCCC2)nnc1-c1c[nH]c2ccccc12. The van der Waals surface area contributed by atoms with Gasteiger partial charge in [0.2, 0.25) is 5.91 Å². The van der Waals surface area contributed by atoms with Gasteiger partial charge in [-0.05, 0) is 37.5 Å². The van der Waals surface area contributed by atoms with Crippen LogP contribution in [0.5, 0.6) is 0 Å². The van der Waals surface area contributed by atoms with Crippen molar-refractivity contribution in [1.82, 2.24) is 29.5 Å². The number of H-pyrrole nitrogens is 1. The van der Waals surface area contributed by atoms with E-state index in [-0.39, 0.29) is 11.7 Å². The number of hydrogen-bond donors (Lipinski definition) is 2. The standard InChI is InChI=1S/C27H27N7OS/c1-18-8-2-7-13-23(18)33-26(21-16-28-22-12-6-5-11-20(21)22)31-32-27(33)36-17-25(35)30-24-14-15-29-34(24)19-9-3-4-10-19/h2,5-8,11-16,19,28H,3-4,9-10,17H2,1H3,(H,30,35). The Morgan fingerprint density at radius 3 is 2.75 bits per heavy atom. The topological polar surface area (TPSA) is 93.4 Å². The predicted molar refractivity (Wildman–Crippen MR) is 142 cm³/mol. The zero-order valence-electron chi connectivity index (χ0n) is 20.0. The van der Waals surface area contributed by atoms with Crippen molar-refractivity contribution < 1.29 is 4.79 Å². The molecule has 6 rings (SSSR count). The highest BCUT2D eigenvalue weighted by molar-refractivity contribution is 7.99. The Hall–Kier alpha value is -3.85. The maximum absolute atomic E-state index is 12.9. The van der Waals surface area contributed by atoms with Crippen LogP contribution in [0.1, 0.15) is 37.3 Å². The molecule has 5 aromatic rings. The summed E-state index contributed by atoms with van der Waals surface area (Å²) in [6.07, 6.45) is 8.35. The molecule has 1 amide bonds. The van der Waals surface area contributed by atoms with Crippen LogP contribution in [0.4, 0.5) is 5.82 Å². The minimum atomic E-state index is -0.0901. The molecule has 1 aliphatic rings. The molecule has 1 aliphatic carbocycles. The van der Waals surface area contributed by atoms with Crippen molar-refractivity contribution in [1.29, 1.82) is 0 Å². The van der Waals surface area contributed by atoms with Gasteiger partial charge in [0, 0.05) is 28.7 Å². The fourth-order valence-corrected chi connectivity index (χ4v) is 5.73. The second-order valence-corrected chi connectivity index (χ2v) is 10.1. The highest BCUT2D eigenvalue weighted by Crippen LogP contribution is 2.34. The van der Waals surface area contributed by atoms with E-state index in [1.807, 2.05) is 51.8 Å². The maximum atomic E-state index is 12.9. The van der Waals surface area contributed by atoms with E-state index in [9.17, 15) is 4.79 Å². The van der Waals surface area contributed by atoms with Crippen molar-refractivity contribution in [3.05, 3.63) is 72.6 Å². The molecule has 0 unspecified atom stereocenters. The van der Waals surface area contributed by atoms with Crippen molar-refractivity contribution in [2.75, 3.05) is 11.1 Å². The molecule has 8 nitrogen and oxygen atoms in total. The molecular weight excluding hydrogens is 470 g/mol. The van der Waals surface area contributed by atoms with Crippen LogP contribution >= 0.6 is 11.8 Å². The summed E-state index contributed by atoms with van der Waals surface area (Å²) in [5, 5.41) is 18.3. The van der Waals surface area contributed by atoms with E-state index in [0.29, 0.717) is 11.2 Å². The molecule has 1 fully saturated rings. The number of benzene rings is 2. The molecule has 0 atom stereocenters. The van der Waals surface area contributed by atoms with Crippen molar-refractivity contribution >= 4 is 34.4 Å². The van der Waals surface area contributed by atoms with Gasteiger partial charge >= 0.3 is 0 Å². The highest BCUT2D eigenvalue weighted by atomic mass is 32.2. The van der Waals surface area contributed by atoms with Gasteiger partial charge in [0.05, 0.1) is 23.7 Å². The molecule has 2 aromatic carbocycles. The molecule has 0 radical (unpaired) electrons. The van der Waals surface area contributed by atoms with E-state index in [1.165, 1.54) is 24.6 Å². The summed E-state index contributed by atoms with van der Waals surface area (Å²) in [6, 6.07) is 18.5. The Morgan fingerprint density at radius 1 is 1.08 bits per heavy atom. The normalized spacial score (nSPS) is 14.0. The molecule has 0 bridgehead atoms. The lowest BCUT2D eigenvalue weighted by atomic mass is 10.1. The first-order chi connectivity index (χ1) is 17.7. The average Bonchev–Trinajstić information content (AvgIpc) is 3.69. The smallest absolute Gasteiger partial charge is 0.235 e. The fourth-order valence-electron chi connectivity index (χ4n) is 4.99. The number of nitrogens with zero attached hydrogens (tertiary/aromatic N) is 5. The van der Waals surface area contributed by atoms with Crippen LogP contribution in [0.25, 0.3) is 28.0 Å². The van der Waals surface area contributed by atoms with Crippen LogP contribution in [0.2, 0.25) is 0 Å². The molecule has 2 N–H and O–H groups in total. The van der Waals surface area contributed by atoms with Crippen molar-refractivity contribution in [3.8, 4) is 17.1 Å². The van der Waals surface area contributed by atoms with Gasteiger partial charge in [-0.25, -0.2) is 4.68 Å². The number of aryl methyl sites for hydroxylation is 1. The number of para-hydroxylation sites is 2. The summed E-state index contributed by atoms with van der Waals surface area (Å²) in [5.41, 5.74) is 4.10. The zero-order chi connectivity index (χ0) is 24.5. The van der Waals surface area contributed by atoms with Gasteiger partial charge in [-0.2, -0.15) is 5.10 Å². The summed E-state index contributed by atoms with van der Waals surface area (Å²) in [5.74, 6) is 1.62. The van der Waals surface area contributed by atoms with Gasteiger partial charge in [0.1, 0.15) is 5.82 Å². The summed E-state index contributed by atoms with van der Waals surface area (Å²) in [7, 11) is 0. The number of aromatic amines is 1. The number of nitrogens with one attached hydrogen (secondary N) is 2. The molecule has 0 spiro atoms. The van der Waals surface area contributed by atoms with Crippen LogP contribution < -0.4 is 5.32 Å². The third-order valence-corrected chi connectivity index (χ3v) is 7.69. The molecule has 9 heteroatoms.